The van der Waals surface area contributed by atoms with Crippen LogP contribution in [0.4, 0.5) is 13.2 Å². The van der Waals surface area contributed by atoms with Crippen molar-refractivity contribution in [2.24, 2.45) is 7.05 Å². The first-order valence-corrected chi connectivity index (χ1v) is 7.88. The van der Waals surface area contributed by atoms with E-state index in [4.69, 9.17) is 20.8 Å². The molecule has 2 aromatic heterocycles. The predicted octanol–water partition coefficient (Wildman–Crippen LogP) is 3.52. The van der Waals surface area contributed by atoms with Crippen LogP contribution in [0, 0.1) is 0 Å². The molecule has 0 saturated heterocycles. The number of aromatic nitrogens is 2. The molecular formula is C17H12ClF3N2O4. The maximum Gasteiger partial charge on any atom is 0.431 e. The number of alkyl halides is 3. The Morgan fingerprint density at radius 2 is 2.00 bits per heavy atom. The topological polar surface area (TPSA) is 66.4 Å². The normalized spacial score (nSPS) is 11.7. The molecule has 0 aliphatic carbocycles. The van der Waals surface area contributed by atoms with E-state index in [1.807, 2.05) is 0 Å². The van der Waals surface area contributed by atoms with E-state index in [9.17, 15) is 22.8 Å². The number of halogens is 4. The van der Waals surface area contributed by atoms with E-state index in [0.29, 0.717) is 21.0 Å². The Labute approximate surface area is 154 Å². The van der Waals surface area contributed by atoms with Gasteiger partial charge in [-0.2, -0.15) is 13.2 Å². The summed E-state index contributed by atoms with van der Waals surface area (Å²) in [6.07, 6.45) is -2.27. The highest BCUT2D eigenvalue weighted by molar-refractivity contribution is 6.35. The van der Waals surface area contributed by atoms with Crippen molar-refractivity contribution in [3.05, 3.63) is 68.7 Å². The van der Waals surface area contributed by atoms with Gasteiger partial charge in [-0.1, -0.05) is 24.3 Å². The van der Waals surface area contributed by atoms with Crippen LogP contribution >= 0.6 is 11.6 Å². The molecule has 1 aromatic carbocycles. The summed E-state index contributed by atoms with van der Waals surface area (Å²) in [6, 6.07) is 3.28. The molecule has 3 aromatic rings. The van der Waals surface area contributed by atoms with Gasteiger partial charge < -0.3 is 9.15 Å². The summed E-state index contributed by atoms with van der Waals surface area (Å²) >= 11 is 6.12. The molecule has 0 bridgehead atoms. The molecule has 10 heteroatoms. The number of nitrogens with zero attached hydrogens (tertiary/aromatic N) is 2. The molecule has 0 N–H and O–H groups in total. The largest absolute Gasteiger partial charge is 0.489 e. The van der Waals surface area contributed by atoms with E-state index in [-0.39, 0.29) is 28.3 Å². The molecule has 6 nitrogen and oxygen atoms in total. The van der Waals surface area contributed by atoms with Gasteiger partial charge in [-0.05, 0) is 6.07 Å². The average molecular weight is 401 g/mol. The SMILES string of the molecule is C=CCOc1cc(Cl)c2occ(-n3c(=O)cc(C(F)(F)F)n(C)c3=O)c2c1. The summed E-state index contributed by atoms with van der Waals surface area (Å²) in [7, 11) is 0.926. The Balaban J connectivity index is 2.29. The summed E-state index contributed by atoms with van der Waals surface area (Å²) < 4.78 is 50.6. The van der Waals surface area contributed by atoms with Crippen molar-refractivity contribution in [2.45, 2.75) is 6.18 Å². The lowest BCUT2D eigenvalue weighted by Crippen LogP contribution is -2.40. The van der Waals surface area contributed by atoms with Crippen LogP contribution in [0.2, 0.25) is 5.02 Å². The monoisotopic (exact) mass is 400 g/mol. The maximum absolute atomic E-state index is 13.0. The Bertz CT molecular complexity index is 1160. The van der Waals surface area contributed by atoms with Gasteiger partial charge in [-0.25, -0.2) is 9.36 Å². The maximum atomic E-state index is 13.0. The summed E-state index contributed by atoms with van der Waals surface area (Å²) in [5, 5.41) is 0.384. The van der Waals surface area contributed by atoms with Gasteiger partial charge in [0.1, 0.15) is 30.0 Å². The van der Waals surface area contributed by atoms with Crippen LogP contribution in [0.5, 0.6) is 5.75 Å². The molecule has 0 aliphatic rings. The van der Waals surface area contributed by atoms with Crippen molar-refractivity contribution in [2.75, 3.05) is 6.61 Å². The van der Waals surface area contributed by atoms with Gasteiger partial charge in [0.25, 0.3) is 5.56 Å². The minimum absolute atomic E-state index is 0.0460. The standard InChI is InChI=1S/C17H12ClF3N2O4/c1-3-4-26-9-5-10-12(8-27-15(10)11(18)6-9)23-14(24)7-13(17(19,20)21)22(2)16(23)25/h3,5-8H,1,4H2,2H3. The van der Waals surface area contributed by atoms with Crippen LogP contribution in [0.3, 0.4) is 0 Å². The van der Waals surface area contributed by atoms with E-state index >= 15 is 0 Å². The lowest BCUT2D eigenvalue weighted by molar-refractivity contribution is -0.144. The third kappa shape index (κ3) is 3.25. The molecule has 0 fully saturated rings. The minimum Gasteiger partial charge on any atom is -0.489 e. The first-order valence-electron chi connectivity index (χ1n) is 7.50. The van der Waals surface area contributed by atoms with Crippen LogP contribution in [-0.2, 0) is 13.2 Å². The third-order valence-corrected chi connectivity index (χ3v) is 4.08. The van der Waals surface area contributed by atoms with Crippen molar-refractivity contribution < 1.29 is 22.3 Å². The molecule has 0 radical (unpaired) electrons. The molecular weight excluding hydrogens is 389 g/mol. The minimum atomic E-state index is -4.85. The fourth-order valence-electron chi connectivity index (χ4n) is 2.59. The molecule has 0 amide bonds. The molecule has 0 spiro atoms. The number of ether oxygens (including phenoxy) is 1. The second-order valence-corrected chi connectivity index (χ2v) is 5.95. The van der Waals surface area contributed by atoms with E-state index in [2.05, 4.69) is 6.58 Å². The summed E-state index contributed by atoms with van der Waals surface area (Å²) in [5.74, 6) is 0.312. The van der Waals surface area contributed by atoms with E-state index in [0.717, 1.165) is 13.3 Å². The molecule has 2 heterocycles. The van der Waals surface area contributed by atoms with Crippen molar-refractivity contribution >= 4 is 22.6 Å². The van der Waals surface area contributed by atoms with Crippen LogP contribution < -0.4 is 16.0 Å². The van der Waals surface area contributed by atoms with Crippen molar-refractivity contribution in [1.82, 2.24) is 9.13 Å². The fourth-order valence-corrected chi connectivity index (χ4v) is 2.84. The summed E-state index contributed by atoms with van der Waals surface area (Å²) in [5.41, 5.74) is -3.57. The molecule has 27 heavy (non-hydrogen) atoms. The summed E-state index contributed by atoms with van der Waals surface area (Å²) in [4.78, 5) is 24.7. The molecule has 142 valence electrons. The highest BCUT2D eigenvalue weighted by Gasteiger charge is 2.35. The lowest BCUT2D eigenvalue weighted by Gasteiger charge is -2.13. The first kappa shape index (κ1) is 18.8. The van der Waals surface area contributed by atoms with Crippen LogP contribution in [0.1, 0.15) is 5.69 Å². The van der Waals surface area contributed by atoms with Gasteiger partial charge in [0.05, 0.1) is 5.02 Å². The zero-order valence-corrected chi connectivity index (χ0v) is 14.6. The van der Waals surface area contributed by atoms with Gasteiger partial charge in [-0.3, -0.25) is 9.36 Å². The van der Waals surface area contributed by atoms with Gasteiger partial charge in [0.15, 0.2) is 5.58 Å². The summed E-state index contributed by atoms with van der Waals surface area (Å²) in [6.45, 7) is 3.70. The van der Waals surface area contributed by atoms with E-state index in [1.165, 1.54) is 18.2 Å². The molecule has 3 rings (SSSR count). The fraction of sp³-hybridized carbons (Fsp3) is 0.176. The molecule has 0 unspecified atom stereocenters. The number of fused-ring (bicyclic) bond motifs is 1. The molecule has 0 saturated carbocycles. The van der Waals surface area contributed by atoms with Crippen LogP contribution in [-0.4, -0.2) is 15.7 Å². The Hall–Kier alpha value is -2.94. The highest BCUT2D eigenvalue weighted by atomic mass is 35.5. The number of hydrogen-bond acceptors (Lipinski definition) is 4. The van der Waals surface area contributed by atoms with Crippen molar-refractivity contribution in [3.63, 3.8) is 0 Å². The van der Waals surface area contributed by atoms with Gasteiger partial charge in [-0.15, -0.1) is 0 Å². The van der Waals surface area contributed by atoms with Crippen molar-refractivity contribution in [3.8, 4) is 11.4 Å². The quantitative estimate of drug-likeness (QED) is 0.628. The second kappa shape index (κ2) is 6.66. The van der Waals surface area contributed by atoms with Crippen molar-refractivity contribution in [1.29, 1.82) is 0 Å². The zero-order chi connectivity index (χ0) is 19.9. The number of rotatable bonds is 4. The number of furan rings is 1. The van der Waals surface area contributed by atoms with Crippen LogP contribution in [0.15, 0.2) is 51.1 Å². The average Bonchev–Trinajstić information content (AvgIpc) is 3.00. The lowest BCUT2D eigenvalue weighted by atomic mass is 10.2. The smallest absolute Gasteiger partial charge is 0.431 e. The Kier molecular flexibility index (Phi) is 4.64. The van der Waals surface area contributed by atoms with Gasteiger partial charge >= 0.3 is 11.9 Å². The van der Waals surface area contributed by atoms with E-state index < -0.39 is 23.1 Å². The molecule has 0 aliphatic heterocycles. The van der Waals surface area contributed by atoms with Crippen LogP contribution in [0.25, 0.3) is 16.7 Å². The number of benzene rings is 1. The predicted molar refractivity (Wildman–Crippen MR) is 92.8 cm³/mol. The van der Waals surface area contributed by atoms with Gasteiger partial charge in [0.2, 0.25) is 0 Å². The zero-order valence-electron chi connectivity index (χ0n) is 13.8. The Morgan fingerprint density at radius 1 is 1.30 bits per heavy atom. The van der Waals surface area contributed by atoms with Gasteiger partial charge in [0, 0.05) is 24.6 Å². The third-order valence-electron chi connectivity index (χ3n) is 3.80. The Morgan fingerprint density at radius 3 is 2.63 bits per heavy atom. The highest BCUT2D eigenvalue weighted by Crippen LogP contribution is 2.34. The second-order valence-electron chi connectivity index (χ2n) is 5.54. The molecule has 0 atom stereocenters. The van der Waals surface area contributed by atoms with E-state index in [1.54, 1.807) is 0 Å². The number of hydrogen-bond donors (Lipinski definition) is 0. The first-order chi connectivity index (χ1) is 12.6.